The van der Waals surface area contributed by atoms with Crippen molar-refractivity contribution >= 4 is 22.9 Å². The molecular formula is C20H37N3O3S. The summed E-state index contributed by atoms with van der Waals surface area (Å²) in [5.74, 6) is 1.44. The zero-order valence-electron chi connectivity index (χ0n) is 16.9. The van der Waals surface area contributed by atoms with Gasteiger partial charge >= 0.3 is 6.03 Å². The van der Waals surface area contributed by atoms with E-state index in [2.05, 4.69) is 10.2 Å². The minimum Gasteiger partial charge on any atom is -0.379 e. The van der Waals surface area contributed by atoms with Crippen LogP contribution in [0.5, 0.6) is 0 Å². The zero-order valence-corrected chi connectivity index (χ0v) is 17.7. The van der Waals surface area contributed by atoms with E-state index in [1.54, 1.807) is 6.92 Å². The number of ether oxygens (including phenoxy) is 1. The first kappa shape index (κ1) is 22.5. The maximum atomic E-state index is 12.6. The number of nitrogens with one attached hydrogen (secondary N) is 1. The fourth-order valence-electron chi connectivity index (χ4n) is 3.86. The molecule has 2 fully saturated rings. The van der Waals surface area contributed by atoms with Gasteiger partial charge in [0.05, 0.1) is 13.2 Å². The molecule has 2 amide bonds. The van der Waals surface area contributed by atoms with Gasteiger partial charge in [0, 0.05) is 45.4 Å². The molecule has 27 heavy (non-hydrogen) atoms. The van der Waals surface area contributed by atoms with Crippen molar-refractivity contribution in [2.75, 3.05) is 58.2 Å². The fraction of sp³-hybridized carbons (Fsp3) is 0.900. The molecule has 6 nitrogen and oxygen atoms in total. The minimum atomic E-state index is 0.0249. The third-order valence-corrected chi connectivity index (χ3v) is 6.31. The Labute approximate surface area is 168 Å². The van der Waals surface area contributed by atoms with Crippen LogP contribution in [0, 0.1) is 5.92 Å². The van der Waals surface area contributed by atoms with Crippen molar-refractivity contribution in [3.8, 4) is 0 Å². The summed E-state index contributed by atoms with van der Waals surface area (Å²) < 4.78 is 5.36. The highest BCUT2D eigenvalue weighted by Gasteiger charge is 2.18. The molecule has 1 saturated carbocycles. The molecule has 0 unspecified atom stereocenters. The van der Waals surface area contributed by atoms with Crippen molar-refractivity contribution in [3.63, 3.8) is 0 Å². The Balaban J connectivity index is 1.68. The average molecular weight is 400 g/mol. The van der Waals surface area contributed by atoms with Gasteiger partial charge in [0.25, 0.3) is 0 Å². The number of hydrogen-bond acceptors (Lipinski definition) is 5. The van der Waals surface area contributed by atoms with E-state index < -0.39 is 0 Å². The van der Waals surface area contributed by atoms with Crippen LogP contribution in [0.25, 0.3) is 0 Å². The number of nitrogens with zero attached hydrogens (tertiary/aromatic N) is 2. The summed E-state index contributed by atoms with van der Waals surface area (Å²) in [6.07, 6.45) is 8.68. The van der Waals surface area contributed by atoms with Crippen LogP contribution in [0.2, 0.25) is 0 Å². The predicted molar refractivity (Wildman–Crippen MR) is 111 cm³/mol. The Hall–Kier alpha value is -0.790. The van der Waals surface area contributed by atoms with Gasteiger partial charge < -0.3 is 15.0 Å². The lowest BCUT2D eigenvalue weighted by Gasteiger charge is -2.28. The van der Waals surface area contributed by atoms with E-state index >= 15 is 0 Å². The Morgan fingerprint density at radius 1 is 1.15 bits per heavy atom. The van der Waals surface area contributed by atoms with Crippen molar-refractivity contribution in [3.05, 3.63) is 0 Å². The molecule has 0 bridgehead atoms. The van der Waals surface area contributed by atoms with Crippen LogP contribution < -0.4 is 5.32 Å². The van der Waals surface area contributed by atoms with E-state index in [1.807, 2.05) is 4.90 Å². The monoisotopic (exact) mass is 399 g/mol. The van der Waals surface area contributed by atoms with E-state index in [4.69, 9.17) is 4.74 Å². The number of carbonyl (C=O) groups is 2. The highest BCUT2D eigenvalue weighted by atomic mass is 32.2. The van der Waals surface area contributed by atoms with Gasteiger partial charge in [-0.05, 0) is 25.3 Å². The molecular weight excluding hydrogens is 362 g/mol. The molecule has 7 heteroatoms. The smallest absolute Gasteiger partial charge is 0.317 e. The van der Waals surface area contributed by atoms with Gasteiger partial charge in [0.2, 0.25) is 0 Å². The molecule has 2 aliphatic rings. The quantitative estimate of drug-likeness (QED) is 0.572. The standard InChI is InChI=1S/C20H37N3O3S/c1-18(24)27-17-14-23(11-8-19-6-3-2-4-7-19)20(25)21-9-5-10-22-12-15-26-16-13-22/h19H,2-17H2,1H3,(H,21,25). The molecule has 0 aromatic rings. The number of urea groups is 1. The highest BCUT2D eigenvalue weighted by molar-refractivity contribution is 8.13. The van der Waals surface area contributed by atoms with Crippen molar-refractivity contribution < 1.29 is 14.3 Å². The maximum Gasteiger partial charge on any atom is 0.317 e. The van der Waals surface area contributed by atoms with Crippen molar-refractivity contribution in [2.24, 2.45) is 5.92 Å². The lowest BCUT2D eigenvalue weighted by Crippen LogP contribution is -2.43. The maximum absolute atomic E-state index is 12.6. The summed E-state index contributed by atoms with van der Waals surface area (Å²) in [7, 11) is 0. The average Bonchev–Trinajstić information content (AvgIpc) is 2.69. The molecule has 0 radical (unpaired) electrons. The van der Waals surface area contributed by atoms with Crippen LogP contribution in [0.1, 0.15) is 51.9 Å². The van der Waals surface area contributed by atoms with Crippen LogP contribution in [-0.4, -0.2) is 79.2 Å². The molecule has 0 atom stereocenters. The SMILES string of the molecule is CC(=O)SCCN(CCC1CCCCC1)C(=O)NCCCN1CCOCC1. The molecule has 0 aromatic heterocycles. The first-order valence-corrected chi connectivity index (χ1v) is 11.6. The first-order valence-electron chi connectivity index (χ1n) is 10.6. The summed E-state index contributed by atoms with van der Waals surface area (Å²) in [6, 6.07) is 0.0249. The second-order valence-corrected chi connectivity index (χ2v) is 8.93. The number of rotatable bonds is 10. The number of carbonyl (C=O) groups excluding carboxylic acids is 2. The van der Waals surface area contributed by atoms with Gasteiger partial charge in [-0.25, -0.2) is 4.79 Å². The van der Waals surface area contributed by atoms with Gasteiger partial charge in [0.15, 0.2) is 5.12 Å². The minimum absolute atomic E-state index is 0.0249. The number of morpholine rings is 1. The Morgan fingerprint density at radius 2 is 1.89 bits per heavy atom. The van der Waals surface area contributed by atoms with E-state index in [-0.39, 0.29) is 11.1 Å². The Bertz CT molecular complexity index is 438. The van der Waals surface area contributed by atoms with E-state index in [0.29, 0.717) is 18.8 Å². The van der Waals surface area contributed by atoms with Crippen molar-refractivity contribution in [1.29, 1.82) is 0 Å². The summed E-state index contributed by atoms with van der Waals surface area (Å²) >= 11 is 1.31. The van der Waals surface area contributed by atoms with Crippen molar-refractivity contribution in [2.45, 2.75) is 51.9 Å². The van der Waals surface area contributed by atoms with E-state index in [0.717, 1.165) is 58.2 Å². The molecule has 0 spiro atoms. The van der Waals surface area contributed by atoms with E-state index in [9.17, 15) is 9.59 Å². The Morgan fingerprint density at radius 3 is 2.59 bits per heavy atom. The molecule has 0 aromatic carbocycles. The molecule has 2 rings (SSSR count). The third kappa shape index (κ3) is 9.81. The molecule has 1 N–H and O–H groups in total. The molecule has 1 aliphatic carbocycles. The molecule has 1 aliphatic heterocycles. The van der Waals surface area contributed by atoms with Gasteiger partial charge in [-0.15, -0.1) is 0 Å². The second kappa shape index (κ2) is 13.4. The number of hydrogen-bond donors (Lipinski definition) is 1. The van der Waals surface area contributed by atoms with Crippen LogP contribution in [0.4, 0.5) is 4.79 Å². The highest BCUT2D eigenvalue weighted by Crippen LogP contribution is 2.26. The van der Waals surface area contributed by atoms with Crippen LogP contribution in [0.3, 0.4) is 0 Å². The largest absolute Gasteiger partial charge is 0.379 e. The van der Waals surface area contributed by atoms with Crippen molar-refractivity contribution in [1.82, 2.24) is 15.1 Å². The number of thioether (sulfide) groups is 1. The molecule has 1 heterocycles. The van der Waals surface area contributed by atoms with Crippen LogP contribution in [0.15, 0.2) is 0 Å². The normalized spacial score (nSPS) is 19.0. The summed E-state index contributed by atoms with van der Waals surface area (Å²) in [5.41, 5.74) is 0. The lowest BCUT2D eigenvalue weighted by atomic mass is 9.87. The topological polar surface area (TPSA) is 61.9 Å². The summed E-state index contributed by atoms with van der Waals surface area (Å²) in [6.45, 7) is 8.35. The summed E-state index contributed by atoms with van der Waals surface area (Å²) in [4.78, 5) is 28.1. The molecule has 156 valence electrons. The second-order valence-electron chi connectivity index (χ2n) is 7.66. The molecule has 1 saturated heterocycles. The first-order chi connectivity index (χ1) is 13.1. The third-order valence-electron chi connectivity index (χ3n) is 5.52. The predicted octanol–water partition coefficient (Wildman–Crippen LogP) is 2.97. The fourth-order valence-corrected chi connectivity index (χ4v) is 4.46. The van der Waals surface area contributed by atoms with Gasteiger partial charge in [-0.3, -0.25) is 9.69 Å². The number of amides is 2. The van der Waals surface area contributed by atoms with Crippen LogP contribution in [-0.2, 0) is 9.53 Å². The zero-order chi connectivity index (χ0) is 19.3. The van der Waals surface area contributed by atoms with E-state index in [1.165, 1.54) is 43.9 Å². The Kier molecular flexibility index (Phi) is 11.2. The van der Waals surface area contributed by atoms with Gasteiger partial charge in [-0.1, -0.05) is 43.9 Å². The van der Waals surface area contributed by atoms with Gasteiger partial charge in [-0.2, -0.15) is 0 Å². The van der Waals surface area contributed by atoms with Crippen LogP contribution >= 0.6 is 11.8 Å². The van der Waals surface area contributed by atoms with Gasteiger partial charge in [0.1, 0.15) is 0 Å². The lowest BCUT2D eigenvalue weighted by molar-refractivity contribution is -0.109. The summed E-state index contributed by atoms with van der Waals surface area (Å²) in [5, 5.41) is 3.20.